The molecule has 29 heavy (non-hydrogen) atoms. The van der Waals surface area contributed by atoms with Gasteiger partial charge in [0.2, 0.25) is 11.7 Å². The first kappa shape index (κ1) is 17.9. The van der Waals surface area contributed by atoms with Crippen molar-refractivity contribution in [2.45, 2.75) is 36.8 Å². The Morgan fingerprint density at radius 3 is 2.66 bits per heavy atom. The van der Waals surface area contributed by atoms with Gasteiger partial charge in [0.15, 0.2) is 0 Å². The third-order valence-electron chi connectivity index (χ3n) is 5.59. The molecule has 0 unspecified atom stereocenters. The Morgan fingerprint density at radius 2 is 2.00 bits per heavy atom. The summed E-state index contributed by atoms with van der Waals surface area (Å²) in [6, 6.07) is 3.82. The van der Waals surface area contributed by atoms with Crippen molar-refractivity contribution >= 4 is 17.4 Å². The van der Waals surface area contributed by atoms with Gasteiger partial charge in [0.25, 0.3) is 12.3 Å². The maximum Gasteiger partial charge on any atom is 0.280 e. The zero-order valence-corrected chi connectivity index (χ0v) is 15.3. The molecule has 3 aliphatic rings. The number of nitrogens with one attached hydrogen (secondary N) is 1. The molecule has 3 aromatic heterocycles. The molecule has 0 spiro atoms. The van der Waals surface area contributed by atoms with Gasteiger partial charge in [0, 0.05) is 19.2 Å². The van der Waals surface area contributed by atoms with Crippen LogP contribution in [0.4, 0.5) is 18.9 Å². The summed E-state index contributed by atoms with van der Waals surface area (Å²) in [6.07, 6.45) is 1.97. The fourth-order valence-electron chi connectivity index (χ4n) is 4.23. The van der Waals surface area contributed by atoms with E-state index in [0.29, 0.717) is 25.0 Å². The Bertz CT molecular complexity index is 1130. The zero-order chi connectivity index (χ0) is 20.4. The summed E-state index contributed by atoms with van der Waals surface area (Å²) >= 11 is 0. The third-order valence-corrected chi connectivity index (χ3v) is 5.59. The minimum absolute atomic E-state index is 0. The van der Waals surface area contributed by atoms with Crippen LogP contribution in [0.15, 0.2) is 30.6 Å². The Balaban J connectivity index is 0.00000218. The van der Waals surface area contributed by atoms with Crippen LogP contribution in [-0.2, 0) is 5.41 Å². The quantitative estimate of drug-likeness (QED) is 0.700. The summed E-state index contributed by atoms with van der Waals surface area (Å²) in [5.74, 6) is -0.191. The third kappa shape index (κ3) is 2.73. The van der Waals surface area contributed by atoms with E-state index in [4.69, 9.17) is 4.74 Å². The molecular weight excluding hydrogens is 387 g/mol. The van der Waals surface area contributed by atoms with Crippen molar-refractivity contribution in [1.82, 2.24) is 19.4 Å². The van der Waals surface area contributed by atoms with Crippen molar-refractivity contribution in [2.24, 2.45) is 0 Å². The van der Waals surface area contributed by atoms with Crippen LogP contribution in [-0.4, -0.2) is 38.0 Å². The molecule has 2 bridgehead atoms. The highest BCUT2D eigenvalue weighted by Gasteiger charge is 2.70. The summed E-state index contributed by atoms with van der Waals surface area (Å²) in [7, 11) is 1.39. The second-order valence-electron chi connectivity index (χ2n) is 7.66. The molecule has 3 saturated carbocycles. The van der Waals surface area contributed by atoms with Gasteiger partial charge < -0.3 is 10.1 Å². The van der Waals surface area contributed by atoms with E-state index in [0.717, 1.165) is 11.8 Å². The van der Waals surface area contributed by atoms with E-state index >= 15 is 0 Å². The van der Waals surface area contributed by atoms with E-state index in [9.17, 15) is 18.0 Å². The first-order chi connectivity index (χ1) is 13.8. The number of carbonyl (C=O) groups is 1. The van der Waals surface area contributed by atoms with Crippen molar-refractivity contribution < 1.29 is 24.1 Å². The standard InChI is InChI=1S/C19H16F3N5O2.H2/c1-29-16-12(24-15(28)11-4-2-3-10(23-11)14(20)21)5-27-6-13(25-17(27)26-16)18-7-19(22,8-18)9-18;/h2-6,14H,7-9H2,1H3,(H,24,28);1H. The fraction of sp³-hybridized carbons (Fsp3) is 0.368. The summed E-state index contributed by atoms with van der Waals surface area (Å²) in [5, 5.41) is 2.59. The number of ether oxygens (including phenoxy) is 1. The first-order valence-electron chi connectivity index (χ1n) is 9.00. The highest BCUT2D eigenvalue weighted by atomic mass is 19.3. The predicted molar refractivity (Wildman–Crippen MR) is 98.2 cm³/mol. The van der Waals surface area contributed by atoms with Crippen molar-refractivity contribution in [3.63, 3.8) is 0 Å². The Hall–Kier alpha value is -3.17. The maximum absolute atomic E-state index is 13.9. The molecule has 3 aromatic rings. The second-order valence-corrected chi connectivity index (χ2v) is 7.66. The monoisotopic (exact) mass is 405 g/mol. The summed E-state index contributed by atoms with van der Waals surface area (Å²) in [5.41, 5.74) is -0.905. The smallest absolute Gasteiger partial charge is 0.280 e. The number of alkyl halides is 3. The highest BCUT2D eigenvalue weighted by molar-refractivity contribution is 6.03. The normalized spacial score (nSPS) is 24.9. The number of hydrogen-bond donors (Lipinski definition) is 1. The Labute approximate surface area is 164 Å². The molecule has 152 valence electrons. The number of amides is 1. The molecule has 3 fully saturated rings. The van der Waals surface area contributed by atoms with Crippen molar-refractivity contribution in [3.05, 3.63) is 47.7 Å². The molecule has 0 aliphatic heterocycles. The molecule has 10 heteroatoms. The average molecular weight is 405 g/mol. The molecule has 6 rings (SSSR count). The van der Waals surface area contributed by atoms with Gasteiger partial charge in [-0.1, -0.05) is 6.07 Å². The number of fused-ring (bicyclic) bond motifs is 1. The van der Waals surface area contributed by atoms with E-state index in [1.165, 1.54) is 19.2 Å². The number of hydrogen-bond acceptors (Lipinski definition) is 5. The van der Waals surface area contributed by atoms with Gasteiger partial charge in [-0.2, -0.15) is 4.98 Å². The van der Waals surface area contributed by atoms with Crippen LogP contribution in [0.5, 0.6) is 5.88 Å². The average Bonchev–Trinajstić information content (AvgIpc) is 3.06. The van der Waals surface area contributed by atoms with E-state index in [1.807, 2.05) is 0 Å². The summed E-state index contributed by atoms with van der Waals surface area (Å²) < 4.78 is 46.4. The number of carbonyl (C=O) groups excluding carboxylic acids is 1. The van der Waals surface area contributed by atoms with Gasteiger partial charge in [-0.3, -0.25) is 9.20 Å². The van der Waals surface area contributed by atoms with Crippen LogP contribution in [0.2, 0.25) is 0 Å². The number of anilines is 1. The minimum Gasteiger partial charge on any atom is -0.479 e. The van der Waals surface area contributed by atoms with Crippen LogP contribution >= 0.6 is 0 Å². The largest absolute Gasteiger partial charge is 0.479 e. The topological polar surface area (TPSA) is 81.4 Å². The van der Waals surface area contributed by atoms with Gasteiger partial charge in [-0.05, 0) is 31.4 Å². The number of methoxy groups -OCH3 is 1. The Morgan fingerprint density at radius 1 is 1.24 bits per heavy atom. The number of halogens is 3. The first-order valence-corrected chi connectivity index (χ1v) is 9.00. The van der Waals surface area contributed by atoms with Crippen molar-refractivity contribution in [2.75, 3.05) is 12.4 Å². The number of nitrogens with zero attached hydrogens (tertiary/aromatic N) is 4. The zero-order valence-electron chi connectivity index (χ0n) is 15.3. The summed E-state index contributed by atoms with van der Waals surface area (Å²) in [6.45, 7) is 0. The van der Waals surface area contributed by atoms with Crippen LogP contribution in [0.25, 0.3) is 5.78 Å². The molecule has 1 N–H and O–H groups in total. The van der Waals surface area contributed by atoms with Crippen LogP contribution in [0.3, 0.4) is 0 Å². The van der Waals surface area contributed by atoms with Crippen molar-refractivity contribution in [3.8, 4) is 5.88 Å². The van der Waals surface area contributed by atoms with E-state index < -0.39 is 23.7 Å². The molecule has 0 saturated heterocycles. The number of imidazole rings is 1. The number of aromatic nitrogens is 4. The lowest BCUT2D eigenvalue weighted by atomic mass is 9.41. The van der Waals surface area contributed by atoms with Crippen molar-refractivity contribution in [1.29, 1.82) is 0 Å². The SMILES string of the molecule is COc1nc2nc(C34CC(F)(C3)C4)cn2cc1NC(=O)c1cccc(C(F)F)n1.[HH]. The fourth-order valence-corrected chi connectivity index (χ4v) is 4.23. The van der Waals surface area contributed by atoms with Gasteiger partial charge >= 0.3 is 0 Å². The van der Waals surface area contributed by atoms with E-state index in [1.54, 1.807) is 16.8 Å². The summed E-state index contributed by atoms with van der Waals surface area (Å²) in [4.78, 5) is 24.9. The second kappa shape index (κ2) is 5.91. The van der Waals surface area contributed by atoms with Gasteiger partial charge in [0.05, 0.1) is 12.8 Å². The molecule has 0 aromatic carbocycles. The lowest BCUT2D eigenvalue weighted by Gasteiger charge is -2.65. The van der Waals surface area contributed by atoms with E-state index in [-0.39, 0.29) is 24.1 Å². The van der Waals surface area contributed by atoms with Gasteiger partial charge in [-0.15, -0.1) is 0 Å². The molecule has 0 atom stereocenters. The minimum atomic E-state index is -2.78. The van der Waals surface area contributed by atoms with Crippen LogP contribution < -0.4 is 10.1 Å². The molecule has 0 radical (unpaired) electrons. The highest BCUT2D eigenvalue weighted by Crippen LogP contribution is 2.69. The van der Waals surface area contributed by atoms with Crippen LogP contribution in [0.1, 0.15) is 49.0 Å². The Kier molecular flexibility index (Phi) is 3.65. The molecule has 3 aliphatic carbocycles. The lowest BCUT2D eigenvalue weighted by Crippen LogP contribution is -2.67. The molecule has 7 nitrogen and oxygen atoms in total. The number of pyridine rings is 1. The molecule has 3 heterocycles. The predicted octanol–water partition coefficient (Wildman–Crippen LogP) is 3.71. The molecule has 1 amide bonds. The van der Waals surface area contributed by atoms with E-state index in [2.05, 4.69) is 20.3 Å². The number of rotatable bonds is 5. The van der Waals surface area contributed by atoms with Crippen LogP contribution in [0, 0.1) is 0 Å². The van der Waals surface area contributed by atoms with Gasteiger partial charge in [0.1, 0.15) is 22.7 Å². The molecular formula is C19H18F3N5O2. The maximum atomic E-state index is 13.9. The lowest BCUT2D eigenvalue weighted by molar-refractivity contribution is -0.159. The van der Waals surface area contributed by atoms with Gasteiger partial charge in [-0.25, -0.2) is 23.1 Å².